The fraction of sp³-hybridized carbons (Fsp3) is 0.167. The summed E-state index contributed by atoms with van der Waals surface area (Å²) in [7, 11) is 0. The quantitative estimate of drug-likeness (QED) is 0.574. The lowest BCUT2D eigenvalue weighted by Crippen LogP contribution is -2.30. The highest BCUT2D eigenvalue weighted by Gasteiger charge is 2.23. The number of amides is 2. The summed E-state index contributed by atoms with van der Waals surface area (Å²) < 4.78 is 0. The van der Waals surface area contributed by atoms with Crippen molar-refractivity contribution >= 4 is 23.4 Å². The van der Waals surface area contributed by atoms with Gasteiger partial charge in [-0.05, 0) is 49.2 Å². The number of nitrogens with zero attached hydrogens (tertiary/aromatic N) is 2. The third-order valence-electron chi connectivity index (χ3n) is 3.82. The van der Waals surface area contributed by atoms with E-state index >= 15 is 0 Å². The zero-order valence-corrected chi connectivity index (χ0v) is 13.5. The van der Waals surface area contributed by atoms with Gasteiger partial charge in [0.1, 0.15) is 0 Å². The molecular formula is C18H18N6O. The lowest BCUT2D eigenvalue weighted by molar-refractivity contribution is 0.251. The van der Waals surface area contributed by atoms with Gasteiger partial charge in [0, 0.05) is 29.8 Å². The SMILES string of the molecule is O=C(Nc1cccc(Nc2nccc(-c3ccc[nH]3)n2)c1)NC1CC1. The minimum Gasteiger partial charge on any atom is -0.360 e. The summed E-state index contributed by atoms with van der Waals surface area (Å²) >= 11 is 0. The van der Waals surface area contributed by atoms with Crippen LogP contribution in [0.25, 0.3) is 11.4 Å². The van der Waals surface area contributed by atoms with Gasteiger partial charge >= 0.3 is 6.03 Å². The molecule has 0 saturated heterocycles. The second kappa shape index (κ2) is 6.64. The van der Waals surface area contributed by atoms with Gasteiger partial charge in [-0.1, -0.05) is 6.07 Å². The third-order valence-corrected chi connectivity index (χ3v) is 3.82. The standard InChI is InChI=1S/C18H18N6O/c25-18(22-12-6-7-12)23-14-4-1-3-13(11-14)21-17-20-10-8-16(24-17)15-5-2-9-19-15/h1-5,8-12,19H,6-7H2,(H,20,21,24)(H2,22,23,25). The second-order valence-electron chi connectivity index (χ2n) is 5.93. The van der Waals surface area contributed by atoms with Crippen molar-refractivity contribution in [2.24, 2.45) is 0 Å². The first-order valence-electron chi connectivity index (χ1n) is 8.18. The molecule has 4 rings (SSSR count). The highest BCUT2D eigenvalue weighted by Crippen LogP contribution is 2.21. The molecule has 25 heavy (non-hydrogen) atoms. The van der Waals surface area contributed by atoms with Crippen molar-refractivity contribution in [3.8, 4) is 11.4 Å². The predicted molar refractivity (Wildman–Crippen MR) is 96.7 cm³/mol. The van der Waals surface area contributed by atoms with Gasteiger partial charge in [-0.25, -0.2) is 14.8 Å². The summed E-state index contributed by atoms with van der Waals surface area (Å²) in [4.78, 5) is 23.7. The van der Waals surface area contributed by atoms with Crippen LogP contribution in [0.4, 0.5) is 22.1 Å². The number of H-pyrrole nitrogens is 1. The van der Waals surface area contributed by atoms with Crippen LogP contribution in [-0.4, -0.2) is 27.0 Å². The number of urea groups is 1. The molecule has 1 aromatic carbocycles. The van der Waals surface area contributed by atoms with Gasteiger partial charge < -0.3 is 20.9 Å². The Balaban J connectivity index is 1.46. The van der Waals surface area contributed by atoms with Gasteiger partial charge in [0.05, 0.1) is 11.4 Å². The molecular weight excluding hydrogens is 316 g/mol. The van der Waals surface area contributed by atoms with E-state index in [0.717, 1.165) is 29.9 Å². The van der Waals surface area contributed by atoms with Gasteiger partial charge in [0.25, 0.3) is 0 Å². The highest BCUT2D eigenvalue weighted by atomic mass is 16.2. The van der Waals surface area contributed by atoms with Crippen LogP contribution < -0.4 is 16.0 Å². The topological polar surface area (TPSA) is 94.7 Å². The summed E-state index contributed by atoms with van der Waals surface area (Å²) in [5.74, 6) is 0.492. The van der Waals surface area contributed by atoms with Crippen LogP contribution in [0.5, 0.6) is 0 Å². The number of nitrogens with one attached hydrogen (secondary N) is 4. The van der Waals surface area contributed by atoms with Gasteiger partial charge in [0.15, 0.2) is 0 Å². The molecule has 4 N–H and O–H groups in total. The summed E-state index contributed by atoms with van der Waals surface area (Å²) in [6, 6.07) is 13.3. The van der Waals surface area contributed by atoms with E-state index in [0.29, 0.717) is 17.7 Å². The van der Waals surface area contributed by atoms with Crippen molar-refractivity contribution in [3.63, 3.8) is 0 Å². The van der Waals surface area contributed by atoms with Crippen molar-refractivity contribution in [3.05, 3.63) is 54.9 Å². The molecule has 1 aliphatic rings. The molecule has 1 saturated carbocycles. The van der Waals surface area contributed by atoms with E-state index in [2.05, 4.69) is 30.9 Å². The number of hydrogen-bond acceptors (Lipinski definition) is 4. The van der Waals surface area contributed by atoms with Crippen molar-refractivity contribution in [2.75, 3.05) is 10.6 Å². The Morgan fingerprint density at radius 2 is 2.00 bits per heavy atom. The predicted octanol–water partition coefficient (Wildman–Crippen LogP) is 3.50. The number of benzene rings is 1. The lowest BCUT2D eigenvalue weighted by Gasteiger charge is -2.10. The number of anilines is 3. The van der Waals surface area contributed by atoms with Crippen LogP contribution in [0.15, 0.2) is 54.9 Å². The molecule has 0 atom stereocenters. The first-order valence-corrected chi connectivity index (χ1v) is 8.18. The van der Waals surface area contributed by atoms with Gasteiger partial charge in [0.2, 0.25) is 5.95 Å². The Bertz CT molecular complexity index is 873. The number of aromatic nitrogens is 3. The Labute approximate surface area is 144 Å². The smallest absolute Gasteiger partial charge is 0.319 e. The highest BCUT2D eigenvalue weighted by molar-refractivity contribution is 5.90. The number of aromatic amines is 1. The van der Waals surface area contributed by atoms with Gasteiger partial charge in [-0.15, -0.1) is 0 Å². The molecule has 1 aliphatic carbocycles. The molecule has 2 aromatic heterocycles. The molecule has 0 unspecified atom stereocenters. The van der Waals surface area contributed by atoms with Crippen molar-refractivity contribution in [1.29, 1.82) is 0 Å². The average Bonchev–Trinajstić information content (AvgIpc) is 3.24. The Hall–Kier alpha value is -3.35. The zero-order valence-electron chi connectivity index (χ0n) is 13.5. The third kappa shape index (κ3) is 3.95. The Morgan fingerprint density at radius 1 is 1.12 bits per heavy atom. The molecule has 1 fully saturated rings. The van der Waals surface area contributed by atoms with Crippen LogP contribution in [0, 0.1) is 0 Å². The summed E-state index contributed by atoms with van der Waals surface area (Å²) in [6.45, 7) is 0. The summed E-state index contributed by atoms with van der Waals surface area (Å²) in [6.07, 6.45) is 5.68. The molecule has 2 heterocycles. The monoisotopic (exact) mass is 334 g/mol. The van der Waals surface area contributed by atoms with E-state index in [1.165, 1.54) is 0 Å². The molecule has 3 aromatic rings. The van der Waals surface area contributed by atoms with Crippen LogP contribution in [0.2, 0.25) is 0 Å². The molecule has 0 spiro atoms. The zero-order chi connectivity index (χ0) is 17.1. The lowest BCUT2D eigenvalue weighted by atomic mass is 10.2. The fourth-order valence-electron chi connectivity index (χ4n) is 2.44. The Morgan fingerprint density at radius 3 is 2.80 bits per heavy atom. The molecule has 0 radical (unpaired) electrons. The number of rotatable bonds is 5. The normalized spacial score (nSPS) is 13.3. The van der Waals surface area contributed by atoms with Crippen LogP contribution in [0.3, 0.4) is 0 Å². The largest absolute Gasteiger partial charge is 0.360 e. The van der Waals surface area contributed by atoms with Crippen LogP contribution in [0.1, 0.15) is 12.8 Å². The maximum atomic E-state index is 11.8. The summed E-state index contributed by atoms with van der Waals surface area (Å²) in [5.41, 5.74) is 3.25. The maximum Gasteiger partial charge on any atom is 0.319 e. The molecule has 7 heteroatoms. The average molecular weight is 334 g/mol. The molecule has 0 bridgehead atoms. The van der Waals surface area contributed by atoms with Crippen LogP contribution in [-0.2, 0) is 0 Å². The van der Waals surface area contributed by atoms with Crippen molar-refractivity contribution in [2.45, 2.75) is 18.9 Å². The first-order chi connectivity index (χ1) is 12.3. The van der Waals surface area contributed by atoms with Crippen molar-refractivity contribution < 1.29 is 4.79 Å². The number of hydrogen-bond donors (Lipinski definition) is 4. The Kier molecular flexibility index (Phi) is 4.04. The van der Waals surface area contributed by atoms with E-state index in [9.17, 15) is 4.79 Å². The van der Waals surface area contributed by atoms with Crippen molar-refractivity contribution in [1.82, 2.24) is 20.3 Å². The van der Waals surface area contributed by atoms with E-state index in [-0.39, 0.29) is 6.03 Å². The van der Waals surface area contributed by atoms with E-state index < -0.39 is 0 Å². The first kappa shape index (κ1) is 15.2. The minimum atomic E-state index is -0.176. The molecule has 2 amide bonds. The van der Waals surface area contributed by atoms with Gasteiger partial charge in [-0.3, -0.25) is 0 Å². The minimum absolute atomic E-state index is 0.176. The van der Waals surface area contributed by atoms with Gasteiger partial charge in [-0.2, -0.15) is 0 Å². The summed E-state index contributed by atoms with van der Waals surface area (Å²) in [5, 5.41) is 8.90. The fourth-order valence-corrected chi connectivity index (χ4v) is 2.44. The molecule has 7 nitrogen and oxygen atoms in total. The van der Waals surface area contributed by atoms with E-state index in [1.807, 2.05) is 48.7 Å². The van der Waals surface area contributed by atoms with E-state index in [1.54, 1.807) is 6.20 Å². The van der Waals surface area contributed by atoms with E-state index in [4.69, 9.17) is 0 Å². The second-order valence-corrected chi connectivity index (χ2v) is 5.93. The molecule has 0 aliphatic heterocycles. The van der Waals surface area contributed by atoms with Crippen LogP contribution >= 0.6 is 0 Å². The maximum absolute atomic E-state index is 11.8. The number of carbonyl (C=O) groups excluding carboxylic acids is 1. The number of carbonyl (C=O) groups is 1. The molecule has 126 valence electrons.